The largest absolute Gasteiger partial charge is 0.478 e. The van der Waals surface area contributed by atoms with Crippen LogP contribution in [0.1, 0.15) is 21.5 Å². The molecule has 1 rings (SSSR count). The molecular formula is C10H7F3N2O2S. The lowest BCUT2D eigenvalue weighted by Crippen LogP contribution is -2.10. The molecule has 0 unspecified atom stereocenters. The summed E-state index contributed by atoms with van der Waals surface area (Å²) in [5, 5.41) is 17.5. The van der Waals surface area contributed by atoms with Gasteiger partial charge >= 0.3 is 11.5 Å². The minimum absolute atomic E-state index is 0.0197. The maximum absolute atomic E-state index is 12.3. The molecule has 0 amide bonds. The third-order valence-electron chi connectivity index (χ3n) is 1.96. The summed E-state index contributed by atoms with van der Waals surface area (Å²) >= 11 is -0.544. The number of nitrogens with zero attached hydrogens (tertiary/aromatic N) is 1. The first-order valence-corrected chi connectivity index (χ1v) is 5.36. The van der Waals surface area contributed by atoms with Crippen LogP contribution in [0.4, 0.5) is 13.2 Å². The van der Waals surface area contributed by atoms with Crippen LogP contribution in [0.2, 0.25) is 0 Å². The van der Waals surface area contributed by atoms with Crippen LogP contribution < -0.4 is 5.73 Å². The lowest BCUT2D eigenvalue weighted by atomic mass is 10.1. The highest BCUT2D eigenvalue weighted by Crippen LogP contribution is 2.40. The summed E-state index contributed by atoms with van der Waals surface area (Å²) < 4.78 is 37.0. The summed E-state index contributed by atoms with van der Waals surface area (Å²) in [7, 11) is 0. The van der Waals surface area contributed by atoms with E-state index >= 15 is 0 Å². The molecule has 3 N–H and O–H groups in total. The van der Waals surface area contributed by atoms with E-state index in [1.54, 1.807) is 6.07 Å². The number of carboxylic acids is 1. The predicted octanol–water partition coefficient (Wildman–Crippen LogP) is 2.33. The molecule has 0 fully saturated rings. The van der Waals surface area contributed by atoms with E-state index in [1.807, 2.05) is 0 Å². The fraction of sp³-hybridized carbons (Fsp3) is 0.200. The maximum atomic E-state index is 12.3. The Morgan fingerprint density at radius 2 is 2.11 bits per heavy atom. The number of nitrogens with two attached hydrogens (primary N) is 1. The molecule has 18 heavy (non-hydrogen) atoms. The van der Waals surface area contributed by atoms with Gasteiger partial charge in [0.15, 0.2) is 0 Å². The van der Waals surface area contributed by atoms with Gasteiger partial charge in [-0.15, -0.1) is 0 Å². The van der Waals surface area contributed by atoms with Gasteiger partial charge in [0.05, 0.1) is 17.2 Å². The number of thioether (sulfide) groups is 1. The van der Waals surface area contributed by atoms with Crippen LogP contribution in [0.25, 0.3) is 0 Å². The molecule has 0 spiro atoms. The Labute approximate surface area is 104 Å². The summed E-state index contributed by atoms with van der Waals surface area (Å²) in [5.41, 5.74) is 0.0221. The lowest BCUT2D eigenvalue weighted by Gasteiger charge is -2.13. The number of carbonyl (C=O) groups is 1. The predicted molar refractivity (Wildman–Crippen MR) is 57.9 cm³/mol. The Hall–Kier alpha value is -1.72. The normalized spacial score (nSPS) is 11.1. The van der Waals surface area contributed by atoms with Gasteiger partial charge in [0, 0.05) is 11.4 Å². The van der Waals surface area contributed by atoms with Gasteiger partial charge in [-0.1, -0.05) is 0 Å². The molecule has 96 valence electrons. The first kappa shape index (κ1) is 14.3. The average Bonchev–Trinajstić information content (AvgIpc) is 2.26. The molecule has 0 saturated carbocycles. The van der Waals surface area contributed by atoms with Crippen molar-refractivity contribution in [2.45, 2.75) is 16.9 Å². The summed E-state index contributed by atoms with van der Waals surface area (Å²) in [6, 6.07) is 3.73. The van der Waals surface area contributed by atoms with Crippen LogP contribution in [-0.2, 0) is 6.54 Å². The highest BCUT2D eigenvalue weighted by molar-refractivity contribution is 8.00. The Balaban J connectivity index is 3.45. The van der Waals surface area contributed by atoms with Crippen molar-refractivity contribution in [1.29, 1.82) is 5.26 Å². The molecule has 1 aromatic carbocycles. The number of nitriles is 1. The van der Waals surface area contributed by atoms with Crippen molar-refractivity contribution in [3.8, 4) is 6.07 Å². The second-order valence-corrected chi connectivity index (χ2v) is 4.26. The molecule has 0 bridgehead atoms. The van der Waals surface area contributed by atoms with E-state index in [9.17, 15) is 18.0 Å². The number of hydrogen-bond donors (Lipinski definition) is 2. The van der Waals surface area contributed by atoms with Crippen LogP contribution in [0, 0.1) is 11.3 Å². The van der Waals surface area contributed by atoms with Crippen LogP contribution in [0.15, 0.2) is 17.0 Å². The van der Waals surface area contributed by atoms with Gasteiger partial charge in [-0.3, -0.25) is 0 Å². The van der Waals surface area contributed by atoms with Crippen molar-refractivity contribution in [3.63, 3.8) is 0 Å². The lowest BCUT2D eigenvalue weighted by molar-refractivity contribution is -0.0328. The second-order valence-electron chi connectivity index (χ2n) is 3.18. The number of rotatable bonds is 3. The monoisotopic (exact) mass is 276 g/mol. The molecule has 0 aliphatic carbocycles. The Morgan fingerprint density at radius 3 is 2.50 bits per heavy atom. The van der Waals surface area contributed by atoms with Crippen LogP contribution >= 0.6 is 11.8 Å². The number of hydrogen-bond acceptors (Lipinski definition) is 4. The molecule has 0 aliphatic rings. The van der Waals surface area contributed by atoms with E-state index in [-0.39, 0.29) is 17.7 Å². The highest BCUT2D eigenvalue weighted by Gasteiger charge is 2.33. The van der Waals surface area contributed by atoms with E-state index in [0.29, 0.717) is 0 Å². The van der Waals surface area contributed by atoms with Crippen molar-refractivity contribution in [2.75, 3.05) is 0 Å². The third kappa shape index (κ3) is 3.38. The Morgan fingerprint density at radius 1 is 1.50 bits per heavy atom. The van der Waals surface area contributed by atoms with Crippen molar-refractivity contribution < 1.29 is 23.1 Å². The number of carboxylic acid groups (broad SMARTS) is 1. The molecular weight excluding hydrogens is 269 g/mol. The van der Waals surface area contributed by atoms with E-state index in [2.05, 4.69) is 0 Å². The van der Waals surface area contributed by atoms with Crippen LogP contribution in [0.5, 0.6) is 0 Å². The van der Waals surface area contributed by atoms with E-state index in [4.69, 9.17) is 16.1 Å². The van der Waals surface area contributed by atoms with E-state index in [1.165, 1.54) is 0 Å². The first-order valence-electron chi connectivity index (χ1n) is 4.54. The van der Waals surface area contributed by atoms with Gasteiger partial charge in [-0.05, 0) is 29.5 Å². The number of alkyl halides is 3. The smallest absolute Gasteiger partial charge is 0.446 e. The molecule has 1 aromatic rings. The fourth-order valence-electron chi connectivity index (χ4n) is 1.30. The first-order chi connectivity index (χ1) is 8.28. The summed E-state index contributed by atoms with van der Waals surface area (Å²) in [6.45, 7) is -0.284. The van der Waals surface area contributed by atoms with Crippen molar-refractivity contribution in [1.82, 2.24) is 0 Å². The SMILES string of the molecule is N#Cc1cc(CN)c(SC(F)(F)F)c(C(=O)O)c1. The Bertz CT molecular complexity index is 523. The zero-order valence-electron chi connectivity index (χ0n) is 8.78. The quantitative estimate of drug-likeness (QED) is 0.827. The maximum Gasteiger partial charge on any atom is 0.446 e. The van der Waals surface area contributed by atoms with Crippen LogP contribution in [0.3, 0.4) is 0 Å². The summed E-state index contributed by atoms with van der Waals surface area (Å²) in [6.07, 6.45) is 0. The second kappa shape index (κ2) is 5.29. The van der Waals surface area contributed by atoms with Crippen molar-refractivity contribution in [3.05, 3.63) is 28.8 Å². The fourth-order valence-corrected chi connectivity index (χ4v) is 2.06. The molecule has 0 saturated heterocycles. The van der Waals surface area contributed by atoms with Crippen molar-refractivity contribution >= 4 is 17.7 Å². The average molecular weight is 276 g/mol. The van der Waals surface area contributed by atoms with Gasteiger partial charge in [-0.2, -0.15) is 18.4 Å². The molecule has 8 heteroatoms. The van der Waals surface area contributed by atoms with Gasteiger partial charge in [0.1, 0.15) is 0 Å². The van der Waals surface area contributed by atoms with Crippen LogP contribution in [-0.4, -0.2) is 16.6 Å². The molecule has 0 radical (unpaired) electrons. The number of benzene rings is 1. The standard InChI is InChI=1S/C10H7F3N2O2S/c11-10(12,13)18-8-6(4-15)1-5(3-14)2-7(8)9(16)17/h1-2H,4,15H2,(H,16,17). The molecule has 0 aromatic heterocycles. The highest BCUT2D eigenvalue weighted by atomic mass is 32.2. The van der Waals surface area contributed by atoms with E-state index in [0.717, 1.165) is 12.1 Å². The topological polar surface area (TPSA) is 87.1 Å². The summed E-state index contributed by atoms with van der Waals surface area (Å²) in [5.74, 6) is -1.53. The Kier molecular flexibility index (Phi) is 4.21. The van der Waals surface area contributed by atoms with E-state index < -0.39 is 33.7 Å². The third-order valence-corrected chi connectivity index (χ3v) is 2.88. The number of aromatic carboxylic acids is 1. The van der Waals surface area contributed by atoms with Gasteiger partial charge < -0.3 is 10.8 Å². The van der Waals surface area contributed by atoms with Crippen molar-refractivity contribution in [2.24, 2.45) is 5.73 Å². The molecule has 0 heterocycles. The molecule has 0 aliphatic heterocycles. The van der Waals surface area contributed by atoms with Gasteiger partial charge in [0.2, 0.25) is 0 Å². The van der Waals surface area contributed by atoms with Gasteiger partial charge in [-0.25, -0.2) is 4.79 Å². The minimum Gasteiger partial charge on any atom is -0.478 e. The van der Waals surface area contributed by atoms with Gasteiger partial charge in [0.25, 0.3) is 0 Å². The molecule has 4 nitrogen and oxygen atoms in total. The molecule has 0 atom stereocenters. The number of halogens is 3. The summed E-state index contributed by atoms with van der Waals surface area (Å²) in [4.78, 5) is 10.4. The zero-order valence-corrected chi connectivity index (χ0v) is 9.60. The minimum atomic E-state index is -4.62. The zero-order chi connectivity index (χ0) is 13.9.